The van der Waals surface area contributed by atoms with Gasteiger partial charge in [0.2, 0.25) is 0 Å². The summed E-state index contributed by atoms with van der Waals surface area (Å²) < 4.78 is 0. The standard InChI is InChI=1S/C16H12N2O6/c19-12-6-9(13(20)4-8(12)5-14(21)22)15-17-10-2-1-7(16(23)24)3-11(10)18-15/h1-4,6,19-20H,5H2,(H,17,18)(H,21,22)(H,23,24). The Labute approximate surface area is 134 Å². The van der Waals surface area contributed by atoms with Crippen LogP contribution >= 0.6 is 0 Å². The van der Waals surface area contributed by atoms with Crippen LogP contribution in [0.25, 0.3) is 22.4 Å². The number of imidazole rings is 1. The minimum atomic E-state index is -1.14. The Morgan fingerprint density at radius 1 is 1.04 bits per heavy atom. The van der Waals surface area contributed by atoms with Crippen molar-refractivity contribution in [2.75, 3.05) is 0 Å². The third-order valence-electron chi connectivity index (χ3n) is 3.52. The Balaban J connectivity index is 2.08. The highest BCUT2D eigenvalue weighted by Gasteiger charge is 2.16. The first-order valence-electron chi connectivity index (χ1n) is 6.85. The average molecular weight is 328 g/mol. The number of H-pyrrole nitrogens is 1. The molecule has 3 rings (SSSR count). The molecule has 0 atom stereocenters. The van der Waals surface area contributed by atoms with E-state index in [0.717, 1.165) is 6.07 Å². The van der Waals surface area contributed by atoms with E-state index in [4.69, 9.17) is 10.2 Å². The van der Waals surface area contributed by atoms with Gasteiger partial charge in [0.05, 0.1) is 28.6 Å². The summed E-state index contributed by atoms with van der Waals surface area (Å²) in [6.07, 6.45) is -0.429. The highest BCUT2D eigenvalue weighted by atomic mass is 16.4. The minimum absolute atomic E-state index is 0.0769. The molecular weight excluding hydrogens is 316 g/mol. The van der Waals surface area contributed by atoms with Gasteiger partial charge >= 0.3 is 11.9 Å². The predicted octanol–water partition coefficient (Wildman–Crippen LogP) is 1.97. The first-order chi connectivity index (χ1) is 11.3. The van der Waals surface area contributed by atoms with Crippen LogP contribution < -0.4 is 0 Å². The molecule has 0 aliphatic rings. The average Bonchev–Trinajstić information content (AvgIpc) is 2.92. The molecule has 1 aromatic heterocycles. The number of aromatic carboxylic acids is 1. The second kappa shape index (κ2) is 5.58. The van der Waals surface area contributed by atoms with Crippen molar-refractivity contribution in [3.05, 3.63) is 41.5 Å². The zero-order chi connectivity index (χ0) is 17.4. The smallest absolute Gasteiger partial charge is 0.335 e. The lowest BCUT2D eigenvalue weighted by Crippen LogP contribution is -2.00. The summed E-state index contributed by atoms with van der Waals surface area (Å²) in [5.41, 5.74) is 1.28. The van der Waals surface area contributed by atoms with Gasteiger partial charge in [0.15, 0.2) is 0 Å². The number of carbonyl (C=O) groups is 2. The van der Waals surface area contributed by atoms with Crippen molar-refractivity contribution in [1.82, 2.24) is 9.97 Å². The Bertz CT molecular complexity index is 976. The highest BCUT2D eigenvalue weighted by Crippen LogP contribution is 2.34. The number of fused-ring (bicyclic) bond motifs is 1. The van der Waals surface area contributed by atoms with Gasteiger partial charge in [-0.25, -0.2) is 9.78 Å². The molecule has 2 aromatic carbocycles. The number of phenols is 2. The van der Waals surface area contributed by atoms with Crippen molar-refractivity contribution in [2.45, 2.75) is 6.42 Å². The molecule has 8 heteroatoms. The van der Waals surface area contributed by atoms with Gasteiger partial charge in [-0.2, -0.15) is 0 Å². The molecule has 0 aliphatic heterocycles. The third-order valence-corrected chi connectivity index (χ3v) is 3.52. The van der Waals surface area contributed by atoms with E-state index in [2.05, 4.69) is 9.97 Å². The number of benzene rings is 2. The predicted molar refractivity (Wildman–Crippen MR) is 83.2 cm³/mol. The number of hydrogen-bond donors (Lipinski definition) is 5. The van der Waals surface area contributed by atoms with Gasteiger partial charge < -0.3 is 25.4 Å². The molecular formula is C16H12N2O6. The van der Waals surface area contributed by atoms with Crippen LogP contribution in [0.15, 0.2) is 30.3 Å². The second-order valence-corrected chi connectivity index (χ2v) is 5.19. The summed E-state index contributed by atoms with van der Waals surface area (Å²) >= 11 is 0. The van der Waals surface area contributed by atoms with Gasteiger partial charge in [-0.05, 0) is 30.3 Å². The van der Waals surface area contributed by atoms with Crippen LogP contribution in [0, 0.1) is 0 Å². The Morgan fingerprint density at radius 3 is 2.46 bits per heavy atom. The van der Waals surface area contributed by atoms with Crippen LogP contribution in [-0.2, 0) is 11.2 Å². The number of carboxylic acid groups (broad SMARTS) is 2. The maximum absolute atomic E-state index is 11.0. The van der Waals surface area contributed by atoms with Crippen LogP contribution in [0.5, 0.6) is 11.5 Å². The fraction of sp³-hybridized carbons (Fsp3) is 0.0625. The molecule has 0 spiro atoms. The third kappa shape index (κ3) is 2.72. The number of aliphatic carboxylic acids is 1. The van der Waals surface area contributed by atoms with Crippen LogP contribution in [0.2, 0.25) is 0 Å². The molecule has 0 saturated carbocycles. The van der Waals surface area contributed by atoms with E-state index in [9.17, 15) is 19.8 Å². The van der Waals surface area contributed by atoms with Crippen LogP contribution in [0.4, 0.5) is 0 Å². The van der Waals surface area contributed by atoms with E-state index in [1.54, 1.807) is 0 Å². The summed E-state index contributed by atoms with van der Waals surface area (Å²) in [5, 5.41) is 37.8. The SMILES string of the molecule is O=C(O)Cc1cc(O)c(-c2nc3ccc(C(=O)O)cc3[nH]2)cc1O. The number of rotatable bonds is 4. The Morgan fingerprint density at radius 2 is 1.79 bits per heavy atom. The molecule has 1 heterocycles. The van der Waals surface area contributed by atoms with Crippen molar-refractivity contribution < 1.29 is 30.0 Å². The van der Waals surface area contributed by atoms with E-state index >= 15 is 0 Å². The van der Waals surface area contributed by atoms with Crippen molar-refractivity contribution in [1.29, 1.82) is 0 Å². The van der Waals surface area contributed by atoms with Gasteiger partial charge in [0.1, 0.15) is 17.3 Å². The van der Waals surface area contributed by atoms with Crippen LogP contribution in [0.3, 0.4) is 0 Å². The van der Waals surface area contributed by atoms with Crippen LogP contribution in [0.1, 0.15) is 15.9 Å². The molecule has 0 fully saturated rings. The number of phenolic OH excluding ortho intramolecular Hbond substituents is 2. The van der Waals surface area contributed by atoms with E-state index in [-0.39, 0.29) is 34.0 Å². The largest absolute Gasteiger partial charge is 0.508 e. The topological polar surface area (TPSA) is 144 Å². The van der Waals surface area contributed by atoms with Gasteiger partial charge in [-0.1, -0.05) is 0 Å². The van der Waals surface area contributed by atoms with Crippen molar-refractivity contribution >= 4 is 23.0 Å². The summed E-state index contributed by atoms with van der Waals surface area (Å²) in [7, 11) is 0. The molecule has 0 aliphatic carbocycles. The molecule has 0 amide bonds. The molecule has 0 saturated heterocycles. The van der Waals surface area contributed by atoms with Crippen molar-refractivity contribution in [3.8, 4) is 22.9 Å². The van der Waals surface area contributed by atoms with Gasteiger partial charge in [-0.3, -0.25) is 4.79 Å². The molecule has 3 aromatic rings. The van der Waals surface area contributed by atoms with Gasteiger partial charge in [-0.15, -0.1) is 0 Å². The van der Waals surface area contributed by atoms with Crippen LogP contribution in [-0.4, -0.2) is 42.3 Å². The van der Waals surface area contributed by atoms with Gasteiger partial charge in [0.25, 0.3) is 0 Å². The van der Waals surface area contributed by atoms with E-state index in [1.165, 1.54) is 24.3 Å². The molecule has 24 heavy (non-hydrogen) atoms. The molecule has 0 unspecified atom stereocenters. The number of aromatic hydroxyl groups is 2. The number of aromatic nitrogens is 2. The normalized spacial score (nSPS) is 10.8. The van der Waals surface area contributed by atoms with E-state index in [0.29, 0.717) is 11.0 Å². The maximum Gasteiger partial charge on any atom is 0.335 e. The number of aromatic amines is 1. The zero-order valence-electron chi connectivity index (χ0n) is 12.1. The van der Waals surface area contributed by atoms with E-state index in [1.807, 2.05) is 0 Å². The molecule has 122 valence electrons. The van der Waals surface area contributed by atoms with Gasteiger partial charge in [0, 0.05) is 5.56 Å². The Kier molecular flexibility index (Phi) is 3.57. The molecule has 0 radical (unpaired) electrons. The molecule has 0 bridgehead atoms. The lowest BCUT2D eigenvalue weighted by Gasteiger charge is -2.07. The van der Waals surface area contributed by atoms with E-state index < -0.39 is 18.4 Å². The Hall–Kier alpha value is -3.55. The second-order valence-electron chi connectivity index (χ2n) is 5.19. The van der Waals surface area contributed by atoms with Crippen molar-refractivity contribution in [2.24, 2.45) is 0 Å². The van der Waals surface area contributed by atoms with Crippen molar-refractivity contribution in [3.63, 3.8) is 0 Å². The first-order valence-corrected chi connectivity index (χ1v) is 6.85. The molecule has 8 nitrogen and oxygen atoms in total. The minimum Gasteiger partial charge on any atom is -0.508 e. The summed E-state index contributed by atoms with van der Waals surface area (Å²) in [5.74, 6) is -2.52. The number of carboxylic acids is 2. The molecule has 5 N–H and O–H groups in total. The fourth-order valence-corrected chi connectivity index (χ4v) is 2.38. The lowest BCUT2D eigenvalue weighted by molar-refractivity contribution is -0.136. The summed E-state index contributed by atoms with van der Waals surface area (Å²) in [4.78, 5) is 28.8. The summed E-state index contributed by atoms with van der Waals surface area (Å²) in [6, 6.07) is 6.71. The lowest BCUT2D eigenvalue weighted by atomic mass is 10.1. The number of nitrogens with zero attached hydrogens (tertiary/aromatic N) is 1. The maximum atomic E-state index is 11.0. The monoisotopic (exact) mass is 328 g/mol. The fourth-order valence-electron chi connectivity index (χ4n) is 2.38. The highest BCUT2D eigenvalue weighted by molar-refractivity contribution is 5.93. The summed E-state index contributed by atoms with van der Waals surface area (Å²) in [6.45, 7) is 0. The number of hydrogen-bond acceptors (Lipinski definition) is 5. The first kappa shape index (κ1) is 15.3. The quantitative estimate of drug-likeness (QED) is 0.460. The zero-order valence-corrected chi connectivity index (χ0v) is 12.1. The number of nitrogens with one attached hydrogen (secondary N) is 1.